The quantitative estimate of drug-likeness (QED) is 0.274. The van der Waals surface area contributed by atoms with E-state index >= 15 is 0 Å². The van der Waals surface area contributed by atoms with E-state index in [9.17, 15) is 4.39 Å². The van der Waals surface area contributed by atoms with Crippen molar-refractivity contribution in [2.45, 2.75) is 13.5 Å². The predicted molar refractivity (Wildman–Crippen MR) is 135 cm³/mol. The lowest BCUT2D eigenvalue weighted by Gasteiger charge is -2.05. The summed E-state index contributed by atoms with van der Waals surface area (Å²) >= 11 is 1.15. The number of benzene rings is 1. The Labute approximate surface area is 198 Å². The molecular weight excluding hydrogens is 447 g/mol. The van der Waals surface area contributed by atoms with Gasteiger partial charge in [-0.25, -0.2) is 4.98 Å². The van der Waals surface area contributed by atoms with Crippen molar-refractivity contribution in [1.29, 1.82) is 0 Å². The van der Waals surface area contributed by atoms with Crippen LogP contribution in [0.5, 0.6) is 0 Å². The van der Waals surface area contributed by atoms with E-state index in [2.05, 4.69) is 44.5 Å². The molecule has 0 aliphatic carbocycles. The van der Waals surface area contributed by atoms with Gasteiger partial charge in [-0.3, -0.25) is 10.1 Å². The second-order valence-electron chi connectivity index (χ2n) is 8.08. The normalized spacial score (nSPS) is 11.6. The van der Waals surface area contributed by atoms with Crippen LogP contribution in [0.1, 0.15) is 12.5 Å². The van der Waals surface area contributed by atoms with E-state index in [4.69, 9.17) is 4.98 Å². The summed E-state index contributed by atoms with van der Waals surface area (Å²) in [7, 11) is 0. The lowest BCUT2D eigenvalue weighted by Crippen LogP contribution is -2.11. The minimum atomic E-state index is -0.193. The number of pyridine rings is 2. The van der Waals surface area contributed by atoms with Crippen LogP contribution in [-0.2, 0) is 6.54 Å². The fraction of sp³-hybridized carbons (Fsp3) is 0.115. The third-order valence-corrected chi connectivity index (χ3v) is 6.74. The van der Waals surface area contributed by atoms with Gasteiger partial charge in [-0.15, -0.1) is 11.3 Å². The van der Waals surface area contributed by atoms with Gasteiger partial charge in [-0.1, -0.05) is 19.1 Å². The first-order valence-electron chi connectivity index (χ1n) is 11.1. The van der Waals surface area contributed by atoms with Crippen molar-refractivity contribution in [2.75, 3.05) is 6.54 Å². The van der Waals surface area contributed by atoms with Crippen LogP contribution in [0.15, 0.2) is 67.0 Å². The minimum Gasteiger partial charge on any atom is -0.353 e. The van der Waals surface area contributed by atoms with Crippen LogP contribution in [0, 0.1) is 5.13 Å². The number of aromatic amines is 2. The molecule has 6 aromatic rings. The van der Waals surface area contributed by atoms with Gasteiger partial charge in [0.05, 0.1) is 16.9 Å². The van der Waals surface area contributed by atoms with Gasteiger partial charge in [0.1, 0.15) is 11.2 Å². The third-order valence-electron chi connectivity index (χ3n) is 5.84. The van der Waals surface area contributed by atoms with Crippen LogP contribution in [0.2, 0.25) is 0 Å². The van der Waals surface area contributed by atoms with E-state index < -0.39 is 0 Å². The highest BCUT2D eigenvalue weighted by Crippen LogP contribution is 2.36. The molecule has 0 saturated heterocycles. The smallest absolute Gasteiger partial charge is 0.176 e. The predicted octanol–water partition coefficient (Wildman–Crippen LogP) is 6.15. The number of H-pyrrole nitrogens is 2. The molecule has 34 heavy (non-hydrogen) atoms. The molecule has 6 rings (SSSR count). The molecule has 0 saturated carbocycles. The standard InChI is InChI=1S/C26H21FN6S/c1-2-28-12-15-10-16(14-29-13-15)19-6-7-21-25(31-19)26(33-32-21)22-11-18-17(4-3-5-20(18)30-22)23-8-9-24(27)34-23/h3-11,13-14,28,30H,2,12H2,1H3,(H,32,33). The molecule has 8 heteroatoms. The number of hydrogen-bond acceptors (Lipinski definition) is 5. The van der Waals surface area contributed by atoms with Crippen molar-refractivity contribution in [3.63, 3.8) is 0 Å². The maximum absolute atomic E-state index is 13.7. The average molecular weight is 469 g/mol. The van der Waals surface area contributed by atoms with E-state index in [0.717, 1.165) is 85.0 Å². The maximum atomic E-state index is 13.7. The molecule has 1 aromatic carbocycles. The highest BCUT2D eigenvalue weighted by atomic mass is 32.1. The van der Waals surface area contributed by atoms with Gasteiger partial charge < -0.3 is 10.3 Å². The zero-order chi connectivity index (χ0) is 23.1. The molecule has 0 aliphatic rings. The van der Waals surface area contributed by atoms with E-state index in [1.807, 2.05) is 48.8 Å². The Balaban J connectivity index is 1.44. The van der Waals surface area contributed by atoms with Gasteiger partial charge in [-0.05, 0) is 54.6 Å². The van der Waals surface area contributed by atoms with E-state index in [1.54, 1.807) is 0 Å². The van der Waals surface area contributed by atoms with E-state index in [0.29, 0.717) is 0 Å². The summed E-state index contributed by atoms with van der Waals surface area (Å²) in [6.07, 6.45) is 3.70. The first kappa shape index (κ1) is 20.7. The molecule has 5 heterocycles. The average Bonchev–Trinajstić information content (AvgIpc) is 3.59. The van der Waals surface area contributed by atoms with Gasteiger partial charge >= 0.3 is 0 Å². The van der Waals surface area contributed by atoms with Gasteiger partial charge in [0.25, 0.3) is 0 Å². The van der Waals surface area contributed by atoms with Crippen LogP contribution >= 0.6 is 11.3 Å². The summed E-state index contributed by atoms with van der Waals surface area (Å²) in [6.45, 7) is 3.75. The molecule has 0 radical (unpaired) electrons. The van der Waals surface area contributed by atoms with Crippen LogP contribution in [0.25, 0.3) is 55.0 Å². The lowest BCUT2D eigenvalue weighted by atomic mass is 10.1. The molecule has 0 atom stereocenters. The van der Waals surface area contributed by atoms with Crippen molar-refractivity contribution in [3.05, 3.63) is 77.7 Å². The first-order chi connectivity index (χ1) is 16.7. The summed E-state index contributed by atoms with van der Waals surface area (Å²) < 4.78 is 13.7. The van der Waals surface area contributed by atoms with Crippen molar-refractivity contribution in [3.8, 4) is 33.1 Å². The number of aromatic nitrogens is 5. The Morgan fingerprint density at radius 3 is 2.82 bits per heavy atom. The first-order valence-corrected chi connectivity index (χ1v) is 11.9. The second kappa shape index (κ2) is 8.48. The Morgan fingerprint density at radius 2 is 1.97 bits per heavy atom. The number of fused-ring (bicyclic) bond motifs is 2. The van der Waals surface area contributed by atoms with Gasteiger partial charge in [-0.2, -0.15) is 9.49 Å². The van der Waals surface area contributed by atoms with Crippen molar-refractivity contribution in [2.24, 2.45) is 0 Å². The SMILES string of the molecule is CCNCc1cncc(-c2ccc3[nH]nc(-c4cc5c(-c6ccc(F)s6)cccc5[nH]4)c3n2)c1. The van der Waals surface area contributed by atoms with Crippen LogP contribution in [0.3, 0.4) is 0 Å². The Bertz CT molecular complexity index is 1630. The van der Waals surface area contributed by atoms with E-state index in [1.165, 1.54) is 6.07 Å². The molecule has 168 valence electrons. The largest absolute Gasteiger partial charge is 0.353 e. The molecule has 0 bridgehead atoms. The summed E-state index contributed by atoms with van der Waals surface area (Å²) in [6, 6.07) is 17.5. The molecule has 0 aliphatic heterocycles. The molecule has 0 fully saturated rings. The topological polar surface area (TPSA) is 82.3 Å². The number of nitrogens with zero attached hydrogens (tertiary/aromatic N) is 3. The highest BCUT2D eigenvalue weighted by molar-refractivity contribution is 7.14. The minimum absolute atomic E-state index is 0.193. The number of rotatable bonds is 6. The molecule has 0 spiro atoms. The molecule has 3 N–H and O–H groups in total. The van der Waals surface area contributed by atoms with Crippen molar-refractivity contribution in [1.82, 2.24) is 30.5 Å². The maximum Gasteiger partial charge on any atom is 0.176 e. The molecule has 6 nitrogen and oxygen atoms in total. The zero-order valence-electron chi connectivity index (χ0n) is 18.4. The lowest BCUT2D eigenvalue weighted by molar-refractivity contribution is 0.657. The fourth-order valence-electron chi connectivity index (χ4n) is 4.20. The Morgan fingerprint density at radius 1 is 1.03 bits per heavy atom. The zero-order valence-corrected chi connectivity index (χ0v) is 19.2. The van der Waals surface area contributed by atoms with Crippen molar-refractivity contribution < 1.29 is 4.39 Å². The Hall–Kier alpha value is -3.88. The van der Waals surface area contributed by atoms with Crippen LogP contribution < -0.4 is 5.32 Å². The number of thiophene rings is 1. The summed E-state index contributed by atoms with van der Waals surface area (Å²) in [5.74, 6) is 0. The van der Waals surface area contributed by atoms with Gasteiger partial charge in [0.15, 0.2) is 5.13 Å². The summed E-state index contributed by atoms with van der Waals surface area (Å²) in [4.78, 5) is 13.7. The van der Waals surface area contributed by atoms with Crippen LogP contribution in [0.4, 0.5) is 4.39 Å². The summed E-state index contributed by atoms with van der Waals surface area (Å²) in [5.41, 5.74) is 8.11. The monoisotopic (exact) mass is 468 g/mol. The molecule has 0 unspecified atom stereocenters. The second-order valence-corrected chi connectivity index (χ2v) is 9.11. The third kappa shape index (κ3) is 3.67. The van der Waals surface area contributed by atoms with Crippen molar-refractivity contribution >= 4 is 33.3 Å². The van der Waals surface area contributed by atoms with Crippen LogP contribution in [-0.4, -0.2) is 31.7 Å². The fourth-order valence-corrected chi connectivity index (χ4v) is 4.97. The number of halogens is 1. The number of nitrogens with one attached hydrogen (secondary N) is 3. The highest BCUT2D eigenvalue weighted by Gasteiger charge is 2.16. The Kier molecular flexibility index (Phi) is 5.16. The van der Waals surface area contributed by atoms with Gasteiger partial charge in [0.2, 0.25) is 0 Å². The number of hydrogen-bond donors (Lipinski definition) is 3. The van der Waals surface area contributed by atoms with Gasteiger partial charge in [0, 0.05) is 45.8 Å². The molecular formula is C26H21FN6S. The van der Waals surface area contributed by atoms with E-state index in [-0.39, 0.29) is 5.13 Å². The molecule has 0 amide bonds. The summed E-state index contributed by atoms with van der Waals surface area (Å²) in [5, 5.41) is 11.8. The molecule has 5 aromatic heterocycles.